The number of carbonyl (C=O) groups is 2. The van der Waals surface area contributed by atoms with Crippen molar-refractivity contribution < 1.29 is 28.5 Å². The van der Waals surface area contributed by atoms with Crippen LogP contribution in [0.3, 0.4) is 0 Å². The van der Waals surface area contributed by atoms with E-state index in [4.69, 9.17) is 35.5 Å². The lowest BCUT2D eigenvalue weighted by Crippen LogP contribution is -2.34. The minimum atomic E-state index is -0.570. The summed E-state index contributed by atoms with van der Waals surface area (Å²) in [5.41, 5.74) is 3.08. The molecule has 1 aliphatic rings. The first kappa shape index (κ1) is 38.1. The molecule has 258 valence electrons. The van der Waals surface area contributed by atoms with E-state index in [1.54, 1.807) is 23.5 Å². The first-order valence-electron chi connectivity index (χ1n) is 15.6. The van der Waals surface area contributed by atoms with Crippen LogP contribution in [0.1, 0.15) is 67.8 Å². The highest BCUT2D eigenvalue weighted by atomic mass is 35.5. The molecule has 2 aromatic rings. The molecular weight excluding hydrogens is 644 g/mol. The highest BCUT2D eigenvalue weighted by Gasteiger charge is 2.32. The van der Waals surface area contributed by atoms with E-state index in [9.17, 15) is 9.59 Å². The van der Waals surface area contributed by atoms with E-state index in [-0.39, 0.29) is 12.3 Å². The summed E-state index contributed by atoms with van der Waals surface area (Å²) in [6.45, 7) is 20.3. The SMILES string of the molecule is C=C/C(=C\C=C(/C)Cl)C1=N[C@@H](CC(=O)NCCOCCOCCOCCNC(=O)OC(C)(C)C)c2nnc(C)n2-c2sc(C)c(C)c21. The van der Waals surface area contributed by atoms with E-state index in [0.29, 0.717) is 63.6 Å². The van der Waals surface area contributed by atoms with Crippen LogP contribution in [0.2, 0.25) is 0 Å². The Kier molecular flexibility index (Phi) is 14.8. The van der Waals surface area contributed by atoms with E-state index < -0.39 is 17.7 Å². The number of alkyl carbamates (subject to hydrolysis) is 1. The van der Waals surface area contributed by atoms with Gasteiger partial charge >= 0.3 is 6.09 Å². The maximum atomic E-state index is 13.1. The number of allylic oxidation sites excluding steroid dienone is 5. The third-order valence-electron chi connectivity index (χ3n) is 6.83. The molecule has 47 heavy (non-hydrogen) atoms. The lowest BCUT2D eigenvalue weighted by Gasteiger charge is -2.19. The number of halogens is 1. The van der Waals surface area contributed by atoms with Gasteiger partial charge in [0.15, 0.2) is 5.82 Å². The summed E-state index contributed by atoms with van der Waals surface area (Å²) in [5.74, 6) is 1.16. The Hall–Kier alpha value is -3.36. The lowest BCUT2D eigenvalue weighted by molar-refractivity contribution is -0.121. The first-order valence-corrected chi connectivity index (χ1v) is 16.8. The fraction of sp³-hybridized carbons (Fsp3) is 0.545. The highest BCUT2D eigenvalue weighted by Crippen LogP contribution is 2.39. The van der Waals surface area contributed by atoms with Crippen molar-refractivity contribution in [3.63, 3.8) is 0 Å². The Balaban J connectivity index is 1.47. The van der Waals surface area contributed by atoms with Gasteiger partial charge in [0, 0.05) is 28.6 Å². The number of aromatic nitrogens is 3. The van der Waals surface area contributed by atoms with E-state index in [1.165, 1.54) is 0 Å². The summed E-state index contributed by atoms with van der Waals surface area (Å²) in [7, 11) is 0. The van der Waals surface area contributed by atoms with E-state index in [1.807, 2.05) is 45.3 Å². The van der Waals surface area contributed by atoms with E-state index in [2.05, 4.69) is 41.3 Å². The number of nitrogens with zero attached hydrogens (tertiary/aromatic N) is 4. The maximum absolute atomic E-state index is 13.1. The summed E-state index contributed by atoms with van der Waals surface area (Å²) >= 11 is 7.79. The average Bonchev–Trinajstić information content (AvgIpc) is 3.47. The monoisotopic (exact) mass is 690 g/mol. The van der Waals surface area contributed by atoms with Gasteiger partial charge in [-0.15, -0.1) is 21.5 Å². The summed E-state index contributed by atoms with van der Waals surface area (Å²) in [4.78, 5) is 30.9. The Labute approximate surface area is 286 Å². The largest absolute Gasteiger partial charge is 0.444 e. The van der Waals surface area contributed by atoms with Gasteiger partial charge < -0.3 is 29.6 Å². The molecule has 2 amide bonds. The van der Waals surface area contributed by atoms with Crippen LogP contribution in [0.5, 0.6) is 0 Å². The molecule has 0 spiro atoms. The summed E-state index contributed by atoms with van der Waals surface area (Å²) in [6.07, 6.45) is 5.06. The third kappa shape index (κ3) is 11.7. The second-order valence-corrected chi connectivity index (χ2v) is 13.6. The van der Waals surface area contributed by atoms with Crippen molar-refractivity contribution in [2.45, 2.75) is 66.5 Å². The van der Waals surface area contributed by atoms with Gasteiger partial charge in [-0.3, -0.25) is 14.4 Å². The number of amides is 2. The van der Waals surface area contributed by atoms with Crippen LogP contribution in [-0.4, -0.2) is 90.8 Å². The molecule has 0 unspecified atom stereocenters. The van der Waals surface area contributed by atoms with Gasteiger partial charge in [-0.2, -0.15) is 0 Å². The minimum absolute atomic E-state index is 0.0831. The van der Waals surface area contributed by atoms with Gasteiger partial charge in [-0.1, -0.05) is 30.3 Å². The molecule has 0 saturated carbocycles. The molecule has 14 heteroatoms. The van der Waals surface area contributed by atoms with Crippen molar-refractivity contribution in [1.82, 2.24) is 25.4 Å². The van der Waals surface area contributed by atoms with Gasteiger partial charge in [-0.25, -0.2) is 4.79 Å². The number of hydrogen-bond acceptors (Lipinski definition) is 10. The Bertz CT molecular complexity index is 1480. The zero-order chi connectivity index (χ0) is 34.6. The van der Waals surface area contributed by atoms with Crippen LogP contribution in [0.25, 0.3) is 5.00 Å². The van der Waals surface area contributed by atoms with Crippen molar-refractivity contribution in [1.29, 1.82) is 0 Å². The Morgan fingerprint density at radius 1 is 0.979 bits per heavy atom. The maximum Gasteiger partial charge on any atom is 0.407 e. The third-order valence-corrected chi connectivity index (χ3v) is 8.15. The molecule has 2 N–H and O–H groups in total. The summed E-state index contributed by atoms with van der Waals surface area (Å²) < 4.78 is 23.7. The van der Waals surface area contributed by atoms with Gasteiger partial charge in [-0.05, 0) is 65.7 Å². The fourth-order valence-electron chi connectivity index (χ4n) is 4.56. The predicted molar refractivity (Wildman–Crippen MR) is 185 cm³/mol. The molecule has 1 aliphatic heterocycles. The number of hydrogen-bond donors (Lipinski definition) is 2. The summed E-state index contributed by atoms with van der Waals surface area (Å²) in [5, 5.41) is 15.9. The van der Waals surface area contributed by atoms with Gasteiger partial charge in [0.25, 0.3) is 0 Å². The molecule has 12 nitrogen and oxygen atoms in total. The molecule has 0 radical (unpaired) electrons. The number of rotatable bonds is 17. The summed E-state index contributed by atoms with van der Waals surface area (Å²) in [6, 6.07) is -0.570. The normalized spacial score (nSPS) is 15.0. The van der Waals surface area contributed by atoms with Gasteiger partial charge in [0.05, 0.1) is 51.8 Å². The number of carbonyl (C=O) groups excluding carboxylic acids is 2. The Morgan fingerprint density at radius 3 is 2.19 bits per heavy atom. The average molecular weight is 691 g/mol. The quantitative estimate of drug-likeness (QED) is 0.166. The molecule has 3 heterocycles. The molecule has 1 atom stereocenters. The van der Waals surface area contributed by atoms with Crippen LogP contribution in [-0.2, 0) is 23.7 Å². The lowest BCUT2D eigenvalue weighted by atomic mass is 9.99. The number of thiophene rings is 1. The zero-order valence-electron chi connectivity index (χ0n) is 28.4. The molecule has 0 aromatic carbocycles. The van der Waals surface area contributed by atoms with Gasteiger partial charge in [0.1, 0.15) is 22.5 Å². The first-order chi connectivity index (χ1) is 22.3. The number of fused-ring (bicyclic) bond motifs is 3. The van der Waals surface area contributed by atoms with Crippen LogP contribution in [0.4, 0.5) is 4.79 Å². The molecule has 3 rings (SSSR count). The molecule has 0 bridgehead atoms. The van der Waals surface area contributed by atoms with E-state index in [0.717, 1.165) is 38.1 Å². The molecule has 2 aromatic heterocycles. The van der Waals surface area contributed by atoms with Gasteiger partial charge in [0.2, 0.25) is 5.91 Å². The molecule has 0 fully saturated rings. The number of ether oxygens (including phenoxy) is 4. The standard InChI is InChI=1S/C33H47ClN6O6S/c1-9-25(11-10-21(2)34)29-28-22(3)23(4)47-31(28)40-24(5)38-39-30(40)26(37-29)20-27(41)35-12-14-43-16-18-45-19-17-44-15-13-36-32(42)46-33(6,7)8/h9-11,26H,1,12-20H2,2-8H3,(H,35,41)(H,36,42)/b21-10+,25-11+/t26-/m0/s1. The van der Waals surface area contributed by atoms with Crippen LogP contribution < -0.4 is 10.6 Å². The fourth-order valence-corrected chi connectivity index (χ4v) is 5.84. The second kappa shape index (κ2) is 18.3. The molecule has 0 saturated heterocycles. The van der Waals surface area contributed by atoms with Crippen molar-refractivity contribution in [2.75, 3.05) is 52.7 Å². The molecular formula is C33H47ClN6O6S. The van der Waals surface area contributed by atoms with Crippen LogP contribution in [0.15, 0.2) is 40.4 Å². The second-order valence-electron chi connectivity index (χ2n) is 11.8. The van der Waals surface area contributed by atoms with Crippen molar-refractivity contribution in [3.8, 4) is 5.00 Å². The van der Waals surface area contributed by atoms with Crippen LogP contribution >= 0.6 is 22.9 Å². The number of nitrogens with one attached hydrogen (secondary N) is 2. The van der Waals surface area contributed by atoms with Crippen molar-refractivity contribution in [2.24, 2.45) is 4.99 Å². The number of aryl methyl sites for hydroxylation is 2. The van der Waals surface area contributed by atoms with E-state index >= 15 is 0 Å². The highest BCUT2D eigenvalue weighted by molar-refractivity contribution is 7.15. The smallest absolute Gasteiger partial charge is 0.407 e. The topological polar surface area (TPSA) is 138 Å². The Morgan fingerprint density at radius 2 is 1.60 bits per heavy atom. The minimum Gasteiger partial charge on any atom is -0.444 e. The predicted octanol–water partition coefficient (Wildman–Crippen LogP) is 5.43. The van der Waals surface area contributed by atoms with Crippen LogP contribution in [0, 0.1) is 20.8 Å². The molecule has 0 aliphatic carbocycles. The van der Waals surface area contributed by atoms with Crippen molar-refractivity contribution in [3.05, 3.63) is 63.1 Å². The van der Waals surface area contributed by atoms with Crippen molar-refractivity contribution >= 4 is 40.6 Å². The zero-order valence-corrected chi connectivity index (χ0v) is 30.0. The number of aliphatic imine (C=N–C) groups is 1.